The molecule has 0 atom stereocenters. The van der Waals surface area contributed by atoms with Gasteiger partial charge in [-0.2, -0.15) is 5.10 Å². The number of rotatable bonds is 2. The number of carbonyl (C=O) groups is 1. The van der Waals surface area contributed by atoms with Crippen LogP contribution in [-0.2, 0) is 0 Å². The number of hydrogen-bond acceptors (Lipinski definition) is 2. The Morgan fingerprint density at radius 2 is 2.29 bits per heavy atom. The molecule has 1 saturated carbocycles. The maximum atomic E-state index is 12.1. The average Bonchev–Trinajstić information content (AvgIpc) is 2.73. The minimum absolute atomic E-state index is 0.0000257. The van der Waals surface area contributed by atoms with Crippen LogP contribution in [0.4, 0.5) is 0 Å². The minimum atomic E-state index is 0.0000257. The molecule has 0 bridgehead atoms. The van der Waals surface area contributed by atoms with Gasteiger partial charge in [0, 0.05) is 16.5 Å². The summed E-state index contributed by atoms with van der Waals surface area (Å²) >= 11 is 0. The van der Waals surface area contributed by atoms with Gasteiger partial charge in [0.25, 0.3) is 5.91 Å². The van der Waals surface area contributed by atoms with E-state index >= 15 is 0 Å². The lowest BCUT2D eigenvalue weighted by molar-refractivity contribution is 0.0850. The number of fused-ring (bicyclic) bond motifs is 1. The van der Waals surface area contributed by atoms with Crippen LogP contribution < -0.4 is 5.32 Å². The molecule has 1 aliphatic rings. The second kappa shape index (κ2) is 3.58. The van der Waals surface area contributed by atoms with Crippen molar-refractivity contribution in [1.82, 2.24) is 15.5 Å². The highest BCUT2D eigenvalue weighted by Gasteiger charge is 2.33. The second-order valence-electron chi connectivity index (χ2n) is 5.04. The summed E-state index contributed by atoms with van der Waals surface area (Å²) in [5.41, 5.74) is 1.59. The zero-order valence-electron chi connectivity index (χ0n) is 9.79. The first-order valence-electron chi connectivity index (χ1n) is 5.92. The highest BCUT2D eigenvalue weighted by Crippen LogP contribution is 2.31. The van der Waals surface area contributed by atoms with Crippen molar-refractivity contribution in [2.45, 2.75) is 31.7 Å². The lowest BCUT2D eigenvalue weighted by Crippen LogP contribution is -2.50. The van der Waals surface area contributed by atoms with Gasteiger partial charge in [-0.05, 0) is 38.3 Å². The molecule has 1 aromatic heterocycles. The van der Waals surface area contributed by atoms with E-state index < -0.39 is 0 Å². The molecule has 3 rings (SSSR count). The van der Waals surface area contributed by atoms with Gasteiger partial charge >= 0.3 is 0 Å². The van der Waals surface area contributed by atoms with E-state index in [9.17, 15) is 4.79 Å². The highest BCUT2D eigenvalue weighted by molar-refractivity contribution is 5.98. The SMILES string of the molecule is CC1(NC(=O)c2ccc3cn[nH]c3c2)CCC1. The zero-order valence-corrected chi connectivity index (χ0v) is 9.79. The number of aromatic nitrogens is 2. The Hall–Kier alpha value is -1.84. The lowest BCUT2D eigenvalue weighted by Gasteiger charge is -2.39. The van der Waals surface area contributed by atoms with E-state index in [1.807, 2.05) is 18.2 Å². The third-order valence-electron chi connectivity index (χ3n) is 3.58. The molecule has 4 nitrogen and oxygen atoms in total. The molecule has 0 saturated heterocycles. The van der Waals surface area contributed by atoms with E-state index in [2.05, 4.69) is 22.4 Å². The Balaban J connectivity index is 1.84. The quantitative estimate of drug-likeness (QED) is 0.829. The standard InChI is InChI=1S/C13H15N3O/c1-13(5-2-6-13)15-12(17)9-3-4-10-8-14-16-11(10)7-9/h3-4,7-8H,2,5-6H2,1H3,(H,14,16)(H,15,17). The third kappa shape index (κ3) is 1.79. The van der Waals surface area contributed by atoms with Crippen molar-refractivity contribution in [3.8, 4) is 0 Å². The Labute approximate surface area is 99.4 Å². The van der Waals surface area contributed by atoms with E-state index in [0.717, 1.165) is 23.7 Å². The molecule has 2 aromatic rings. The summed E-state index contributed by atoms with van der Waals surface area (Å²) in [6.45, 7) is 2.10. The smallest absolute Gasteiger partial charge is 0.251 e. The largest absolute Gasteiger partial charge is 0.347 e. The first kappa shape index (κ1) is 10.3. The van der Waals surface area contributed by atoms with Gasteiger partial charge in [0.05, 0.1) is 11.7 Å². The van der Waals surface area contributed by atoms with Crippen molar-refractivity contribution in [2.24, 2.45) is 0 Å². The van der Waals surface area contributed by atoms with E-state index in [4.69, 9.17) is 0 Å². The molecule has 1 fully saturated rings. The summed E-state index contributed by atoms with van der Waals surface area (Å²) in [5, 5.41) is 10.9. The van der Waals surface area contributed by atoms with Crippen molar-refractivity contribution < 1.29 is 4.79 Å². The lowest BCUT2D eigenvalue weighted by atomic mass is 9.78. The van der Waals surface area contributed by atoms with Crippen molar-refractivity contribution in [1.29, 1.82) is 0 Å². The normalized spacial score (nSPS) is 17.7. The van der Waals surface area contributed by atoms with E-state index in [-0.39, 0.29) is 11.4 Å². The predicted molar refractivity (Wildman–Crippen MR) is 65.8 cm³/mol. The number of benzene rings is 1. The number of nitrogens with zero attached hydrogens (tertiary/aromatic N) is 1. The number of carbonyl (C=O) groups excluding carboxylic acids is 1. The van der Waals surface area contributed by atoms with E-state index in [0.29, 0.717) is 5.56 Å². The predicted octanol–water partition coefficient (Wildman–Crippen LogP) is 2.24. The van der Waals surface area contributed by atoms with Gasteiger partial charge in [-0.3, -0.25) is 9.89 Å². The molecule has 0 spiro atoms. The fourth-order valence-corrected chi connectivity index (χ4v) is 2.26. The van der Waals surface area contributed by atoms with Gasteiger partial charge in [-0.1, -0.05) is 6.07 Å². The Bertz CT molecular complexity index is 569. The molecule has 17 heavy (non-hydrogen) atoms. The van der Waals surface area contributed by atoms with Crippen molar-refractivity contribution in [2.75, 3.05) is 0 Å². The Kier molecular flexibility index (Phi) is 2.18. The molecule has 0 unspecified atom stereocenters. The average molecular weight is 229 g/mol. The molecule has 0 aliphatic heterocycles. The summed E-state index contributed by atoms with van der Waals surface area (Å²) in [4.78, 5) is 12.1. The molecule has 1 amide bonds. The van der Waals surface area contributed by atoms with Crippen molar-refractivity contribution >= 4 is 16.8 Å². The molecular formula is C13H15N3O. The second-order valence-corrected chi connectivity index (χ2v) is 5.04. The van der Waals surface area contributed by atoms with Crippen molar-refractivity contribution in [3.63, 3.8) is 0 Å². The summed E-state index contributed by atoms with van der Waals surface area (Å²) < 4.78 is 0. The third-order valence-corrected chi connectivity index (χ3v) is 3.58. The summed E-state index contributed by atoms with van der Waals surface area (Å²) in [5.74, 6) is 0.00343. The molecule has 1 aliphatic carbocycles. The number of amides is 1. The monoisotopic (exact) mass is 229 g/mol. The molecule has 1 heterocycles. The highest BCUT2D eigenvalue weighted by atomic mass is 16.1. The van der Waals surface area contributed by atoms with Gasteiger partial charge in [0.2, 0.25) is 0 Å². The molecular weight excluding hydrogens is 214 g/mol. The van der Waals surface area contributed by atoms with Crippen molar-refractivity contribution in [3.05, 3.63) is 30.0 Å². The Morgan fingerprint density at radius 1 is 1.47 bits per heavy atom. The van der Waals surface area contributed by atoms with Gasteiger partial charge in [0.1, 0.15) is 0 Å². The van der Waals surface area contributed by atoms with Gasteiger partial charge in [-0.25, -0.2) is 0 Å². The van der Waals surface area contributed by atoms with Crippen LogP contribution in [0, 0.1) is 0 Å². The molecule has 4 heteroatoms. The van der Waals surface area contributed by atoms with Crippen LogP contribution in [0.2, 0.25) is 0 Å². The molecule has 2 N–H and O–H groups in total. The summed E-state index contributed by atoms with van der Waals surface area (Å²) in [6, 6.07) is 5.60. The van der Waals surface area contributed by atoms with E-state index in [1.54, 1.807) is 6.20 Å². The maximum absolute atomic E-state index is 12.1. The topological polar surface area (TPSA) is 57.8 Å². The summed E-state index contributed by atoms with van der Waals surface area (Å²) in [6.07, 6.45) is 5.11. The summed E-state index contributed by atoms with van der Waals surface area (Å²) in [7, 11) is 0. The molecule has 88 valence electrons. The minimum Gasteiger partial charge on any atom is -0.347 e. The first-order chi connectivity index (χ1) is 8.16. The zero-order chi connectivity index (χ0) is 11.9. The van der Waals surface area contributed by atoms with Crippen LogP contribution >= 0.6 is 0 Å². The number of hydrogen-bond donors (Lipinski definition) is 2. The first-order valence-corrected chi connectivity index (χ1v) is 5.92. The van der Waals surface area contributed by atoms with Crippen LogP contribution in [0.3, 0.4) is 0 Å². The maximum Gasteiger partial charge on any atom is 0.251 e. The number of H-pyrrole nitrogens is 1. The fourth-order valence-electron chi connectivity index (χ4n) is 2.26. The van der Waals surface area contributed by atoms with Gasteiger partial charge < -0.3 is 5.32 Å². The van der Waals surface area contributed by atoms with Crippen LogP contribution in [-0.4, -0.2) is 21.6 Å². The van der Waals surface area contributed by atoms with E-state index in [1.165, 1.54) is 6.42 Å². The number of nitrogens with one attached hydrogen (secondary N) is 2. The Morgan fingerprint density at radius 3 is 3.00 bits per heavy atom. The molecule has 0 radical (unpaired) electrons. The fraction of sp³-hybridized carbons (Fsp3) is 0.385. The molecule has 1 aromatic carbocycles. The van der Waals surface area contributed by atoms with Crippen LogP contribution in [0.1, 0.15) is 36.5 Å². The van der Waals surface area contributed by atoms with Crippen LogP contribution in [0.25, 0.3) is 10.9 Å². The van der Waals surface area contributed by atoms with Crippen LogP contribution in [0.15, 0.2) is 24.4 Å². The number of aromatic amines is 1. The van der Waals surface area contributed by atoms with Crippen LogP contribution in [0.5, 0.6) is 0 Å². The van der Waals surface area contributed by atoms with Gasteiger partial charge in [-0.15, -0.1) is 0 Å². The van der Waals surface area contributed by atoms with Gasteiger partial charge in [0.15, 0.2) is 0 Å².